The molecule has 216 valence electrons. The van der Waals surface area contributed by atoms with E-state index in [0.717, 1.165) is 16.8 Å². The summed E-state index contributed by atoms with van der Waals surface area (Å²) in [7, 11) is 0. The highest BCUT2D eigenvalue weighted by atomic mass is 16.5. The number of anilines is 1. The van der Waals surface area contributed by atoms with E-state index in [1.54, 1.807) is 35.2 Å². The number of benzene rings is 2. The quantitative estimate of drug-likeness (QED) is 0.195. The number of hydrogen-bond acceptors (Lipinski definition) is 8. The number of furan rings is 1. The molecule has 1 aliphatic heterocycles. The second-order valence-corrected chi connectivity index (χ2v) is 9.48. The Bertz CT molecular complexity index is 1570. The van der Waals surface area contributed by atoms with Gasteiger partial charge in [0.25, 0.3) is 0 Å². The number of amides is 2. The minimum atomic E-state index is -0.416. The SMILES string of the molecule is C=C(N=C(/C=C\N)Oc1ccccc1CNC(=O)Nc1cc(-c2ccco2)nn1-c1ccc(C)cc1)N1CCOCC1. The molecular weight excluding hydrogens is 534 g/mol. The Labute approximate surface area is 243 Å². The van der Waals surface area contributed by atoms with Gasteiger partial charge in [-0.1, -0.05) is 42.5 Å². The van der Waals surface area contributed by atoms with E-state index < -0.39 is 6.03 Å². The topological polar surface area (TPSA) is 132 Å². The number of aryl methyl sites for hydroxylation is 1. The predicted octanol–water partition coefficient (Wildman–Crippen LogP) is 4.82. The first-order chi connectivity index (χ1) is 20.5. The van der Waals surface area contributed by atoms with Crippen molar-refractivity contribution in [2.75, 3.05) is 31.6 Å². The number of urea groups is 1. The Morgan fingerprint density at radius 2 is 1.93 bits per heavy atom. The number of para-hydroxylation sites is 1. The maximum absolute atomic E-state index is 13.1. The minimum Gasteiger partial charge on any atom is -0.463 e. The Morgan fingerprint density at radius 3 is 2.67 bits per heavy atom. The number of rotatable bonds is 9. The average molecular weight is 568 g/mol. The van der Waals surface area contributed by atoms with Crippen molar-refractivity contribution in [3.8, 4) is 22.9 Å². The first-order valence-corrected chi connectivity index (χ1v) is 13.5. The summed E-state index contributed by atoms with van der Waals surface area (Å²) in [6, 6.07) is 20.2. The van der Waals surface area contributed by atoms with Gasteiger partial charge in [0, 0.05) is 37.3 Å². The maximum atomic E-state index is 13.1. The van der Waals surface area contributed by atoms with Crippen LogP contribution in [0.3, 0.4) is 0 Å². The number of ether oxygens (including phenoxy) is 2. The van der Waals surface area contributed by atoms with Crippen molar-refractivity contribution in [2.24, 2.45) is 10.7 Å². The number of carbonyl (C=O) groups is 1. The number of nitrogens with zero attached hydrogens (tertiary/aromatic N) is 4. The van der Waals surface area contributed by atoms with Crippen LogP contribution in [0.25, 0.3) is 17.1 Å². The molecule has 2 aromatic carbocycles. The van der Waals surface area contributed by atoms with Crippen LogP contribution < -0.4 is 21.1 Å². The largest absolute Gasteiger partial charge is 0.463 e. The molecule has 2 aromatic heterocycles. The second kappa shape index (κ2) is 13.4. The van der Waals surface area contributed by atoms with Gasteiger partial charge < -0.3 is 29.8 Å². The predicted molar refractivity (Wildman–Crippen MR) is 161 cm³/mol. The van der Waals surface area contributed by atoms with E-state index in [-0.39, 0.29) is 12.4 Å². The van der Waals surface area contributed by atoms with E-state index >= 15 is 0 Å². The molecule has 0 spiro atoms. The van der Waals surface area contributed by atoms with Crippen LogP contribution >= 0.6 is 0 Å². The van der Waals surface area contributed by atoms with Crippen LogP contribution in [0.4, 0.5) is 10.6 Å². The van der Waals surface area contributed by atoms with E-state index in [4.69, 9.17) is 19.6 Å². The van der Waals surface area contributed by atoms with Crippen molar-refractivity contribution in [3.63, 3.8) is 0 Å². The molecule has 1 fully saturated rings. The molecule has 0 atom stereocenters. The Hall–Kier alpha value is -5.29. The van der Waals surface area contributed by atoms with E-state index in [1.807, 2.05) is 60.4 Å². The minimum absolute atomic E-state index is 0.190. The van der Waals surface area contributed by atoms with Gasteiger partial charge in [0.1, 0.15) is 23.1 Å². The second-order valence-electron chi connectivity index (χ2n) is 9.48. The van der Waals surface area contributed by atoms with E-state index in [2.05, 4.69) is 27.3 Å². The first-order valence-electron chi connectivity index (χ1n) is 13.5. The zero-order valence-electron chi connectivity index (χ0n) is 23.3. The molecule has 11 heteroatoms. The van der Waals surface area contributed by atoms with Crippen molar-refractivity contribution >= 4 is 17.7 Å². The lowest BCUT2D eigenvalue weighted by Crippen LogP contribution is -2.35. The lowest BCUT2D eigenvalue weighted by Gasteiger charge is -2.28. The van der Waals surface area contributed by atoms with Gasteiger partial charge in [-0.05, 0) is 43.5 Å². The van der Waals surface area contributed by atoms with Gasteiger partial charge in [-0.25, -0.2) is 9.48 Å². The molecule has 0 unspecified atom stereocenters. The molecule has 4 N–H and O–H groups in total. The number of aliphatic imine (C=N–C) groups is 1. The summed E-state index contributed by atoms with van der Waals surface area (Å²) in [5.74, 6) is 2.43. The summed E-state index contributed by atoms with van der Waals surface area (Å²) in [5.41, 5.74) is 8.90. The summed E-state index contributed by atoms with van der Waals surface area (Å²) < 4.78 is 18.7. The van der Waals surface area contributed by atoms with Crippen LogP contribution in [0.2, 0.25) is 0 Å². The Kier molecular flexibility index (Phi) is 9.00. The number of hydrogen-bond donors (Lipinski definition) is 3. The van der Waals surface area contributed by atoms with Gasteiger partial charge in [0.15, 0.2) is 5.76 Å². The zero-order chi connectivity index (χ0) is 29.3. The third kappa shape index (κ3) is 7.07. The summed E-state index contributed by atoms with van der Waals surface area (Å²) in [4.78, 5) is 19.6. The average Bonchev–Trinajstić information content (AvgIpc) is 3.68. The van der Waals surface area contributed by atoms with Gasteiger partial charge in [-0.2, -0.15) is 10.1 Å². The number of aromatic nitrogens is 2. The van der Waals surface area contributed by atoms with Gasteiger partial charge in [0.2, 0.25) is 5.90 Å². The van der Waals surface area contributed by atoms with Crippen LogP contribution in [0.5, 0.6) is 5.75 Å². The Balaban J connectivity index is 1.29. The number of nitrogens with two attached hydrogens (primary N) is 1. The van der Waals surface area contributed by atoms with Crippen LogP contribution in [0.15, 0.2) is 107 Å². The fourth-order valence-electron chi connectivity index (χ4n) is 4.29. The standard InChI is InChI=1S/C31H33N7O4/c1-22-9-11-25(12-10-22)38-29(20-26(36-38)28-8-5-17-41-28)35-31(39)33-21-24-6-3-4-7-27(24)42-30(13-14-32)34-23(2)37-15-18-40-19-16-37/h3-14,17,20H,2,15-16,18-19,21,32H2,1H3,(H2,33,35,39)/b14-13-,34-30?. The highest BCUT2D eigenvalue weighted by molar-refractivity contribution is 5.91. The number of nitrogens with one attached hydrogen (secondary N) is 2. The third-order valence-electron chi connectivity index (χ3n) is 6.48. The van der Waals surface area contributed by atoms with Crippen molar-refractivity contribution in [1.29, 1.82) is 0 Å². The fraction of sp³-hybridized carbons (Fsp3) is 0.194. The molecule has 1 saturated heterocycles. The zero-order valence-corrected chi connectivity index (χ0v) is 23.3. The van der Waals surface area contributed by atoms with Crippen LogP contribution in [0, 0.1) is 6.92 Å². The summed E-state index contributed by atoms with van der Waals surface area (Å²) in [5, 5.41) is 10.5. The van der Waals surface area contributed by atoms with E-state index in [0.29, 0.717) is 55.1 Å². The highest BCUT2D eigenvalue weighted by Gasteiger charge is 2.17. The van der Waals surface area contributed by atoms with Crippen molar-refractivity contribution in [3.05, 3.63) is 109 Å². The molecule has 2 amide bonds. The molecule has 4 aromatic rings. The molecule has 11 nitrogen and oxygen atoms in total. The van der Waals surface area contributed by atoms with Crippen molar-refractivity contribution in [2.45, 2.75) is 13.5 Å². The molecule has 0 bridgehead atoms. The van der Waals surface area contributed by atoms with E-state index in [9.17, 15) is 4.79 Å². The van der Waals surface area contributed by atoms with Gasteiger partial charge in [0.05, 0.1) is 25.2 Å². The summed E-state index contributed by atoms with van der Waals surface area (Å²) in [6.07, 6.45) is 4.50. The molecule has 5 rings (SSSR count). The smallest absolute Gasteiger partial charge is 0.320 e. The van der Waals surface area contributed by atoms with Gasteiger partial charge in [-0.15, -0.1) is 0 Å². The molecular formula is C31H33N7O4. The molecule has 42 heavy (non-hydrogen) atoms. The molecule has 0 saturated carbocycles. The fourth-order valence-corrected chi connectivity index (χ4v) is 4.29. The van der Waals surface area contributed by atoms with Crippen molar-refractivity contribution in [1.82, 2.24) is 20.0 Å². The van der Waals surface area contributed by atoms with Gasteiger partial charge in [-0.3, -0.25) is 5.32 Å². The first kappa shape index (κ1) is 28.2. The highest BCUT2D eigenvalue weighted by Crippen LogP contribution is 2.26. The Morgan fingerprint density at radius 1 is 1.14 bits per heavy atom. The van der Waals surface area contributed by atoms with Crippen LogP contribution in [-0.4, -0.2) is 52.9 Å². The lowest BCUT2D eigenvalue weighted by molar-refractivity contribution is 0.0533. The monoisotopic (exact) mass is 567 g/mol. The number of carbonyl (C=O) groups excluding carboxylic acids is 1. The molecule has 0 aliphatic carbocycles. The van der Waals surface area contributed by atoms with Crippen LogP contribution in [-0.2, 0) is 11.3 Å². The lowest BCUT2D eigenvalue weighted by atomic mass is 10.2. The van der Waals surface area contributed by atoms with Crippen molar-refractivity contribution < 1.29 is 18.7 Å². The van der Waals surface area contributed by atoms with Gasteiger partial charge >= 0.3 is 6.03 Å². The molecule has 3 heterocycles. The molecule has 1 aliphatic rings. The third-order valence-corrected chi connectivity index (χ3v) is 6.48. The maximum Gasteiger partial charge on any atom is 0.320 e. The summed E-state index contributed by atoms with van der Waals surface area (Å²) >= 11 is 0. The van der Waals surface area contributed by atoms with Crippen LogP contribution in [0.1, 0.15) is 11.1 Å². The summed E-state index contributed by atoms with van der Waals surface area (Å²) in [6.45, 7) is 8.89. The normalized spacial score (nSPS) is 13.7. The molecule has 0 radical (unpaired) electrons. The van der Waals surface area contributed by atoms with E-state index in [1.165, 1.54) is 6.20 Å². The number of morpholine rings is 1.